The van der Waals surface area contributed by atoms with Crippen LogP contribution >= 0.6 is 0 Å². The standard InChI is InChI=1S/C22H32N2O3/c1-7-10-13-23-16-11-12-18-19(14-16)24(6)22(25)21(26-15(4)5)20(18)27-17(8-2)9-3/h8,11-12,14-15,23H,7,9-10,13H2,1-6H3. The minimum Gasteiger partial charge on any atom is -0.482 e. The molecule has 0 saturated heterocycles. The van der Waals surface area contributed by atoms with Crippen molar-refractivity contribution in [1.29, 1.82) is 0 Å². The Morgan fingerprint density at radius 3 is 2.59 bits per heavy atom. The van der Waals surface area contributed by atoms with Crippen LogP contribution in [0.25, 0.3) is 10.9 Å². The van der Waals surface area contributed by atoms with Crippen LogP contribution in [0.2, 0.25) is 0 Å². The third-order valence-corrected chi connectivity index (χ3v) is 4.43. The van der Waals surface area contributed by atoms with E-state index in [1.54, 1.807) is 11.6 Å². The zero-order valence-electron chi connectivity index (χ0n) is 17.4. The van der Waals surface area contributed by atoms with E-state index in [-0.39, 0.29) is 17.4 Å². The lowest BCUT2D eigenvalue weighted by atomic mass is 10.1. The van der Waals surface area contributed by atoms with E-state index in [2.05, 4.69) is 12.2 Å². The second-order valence-electron chi connectivity index (χ2n) is 6.91. The molecule has 0 unspecified atom stereocenters. The summed E-state index contributed by atoms with van der Waals surface area (Å²) < 4.78 is 13.6. The van der Waals surface area contributed by atoms with E-state index in [9.17, 15) is 4.79 Å². The fraction of sp³-hybridized carbons (Fsp3) is 0.500. The van der Waals surface area contributed by atoms with Gasteiger partial charge >= 0.3 is 0 Å². The molecule has 0 amide bonds. The third kappa shape index (κ3) is 4.85. The number of ether oxygens (including phenoxy) is 2. The molecule has 1 aromatic heterocycles. The van der Waals surface area contributed by atoms with Crippen molar-refractivity contribution in [3.63, 3.8) is 0 Å². The van der Waals surface area contributed by atoms with Crippen LogP contribution in [-0.2, 0) is 7.05 Å². The molecule has 0 bridgehead atoms. The van der Waals surface area contributed by atoms with E-state index in [0.717, 1.165) is 48.2 Å². The minimum atomic E-state index is -0.191. The van der Waals surface area contributed by atoms with Gasteiger partial charge in [-0.1, -0.05) is 20.3 Å². The molecular formula is C22H32N2O3. The van der Waals surface area contributed by atoms with Gasteiger partial charge < -0.3 is 19.4 Å². The number of rotatable bonds is 9. The van der Waals surface area contributed by atoms with Crippen LogP contribution in [-0.4, -0.2) is 17.2 Å². The average molecular weight is 373 g/mol. The third-order valence-electron chi connectivity index (χ3n) is 4.43. The van der Waals surface area contributed by atoms with E-state index in [4.69, 9.17) is 9.47 Å². The average Bonchev–Trinajstić information content (AvgIpc) is 2.66. The number of anilines is 1. The molecule has 0 atom stereocenters. The van der Waals surface area contributed by atoms with Crippen LogP contribution < -0.4 is 20.3 Å². The lowest BCUT2D eigenvalue weighted by molar-refractivity contribution is 0.226. The van der Waals surface area contributed by atoms with E-state index < -0.39 is 0 Å². The summed E-state index contributed by atoms with van der Waals surface area (Å²) in [5, 5.41) is 4.28. The minimum absolute atomic E-state index is 0.122. The molecule has 0 aliphatic heterocycles. The van der Waals surface area contributed by atoms with Gasteiger partial charge in [0.1, 0.15) is 0 Å². The van der Waals surface area contributed by atoms with E-state index in [1.165, 1.54) is 0 Å². The highest BCUT2D eigenvalue weighted by molar-refractivity contribution is 5.90. The molecule has 2 aromatic rings. The lowest BCUT2D eigenvalue weighted by Crippen LogP contribution is -2.23. The maximum Gasteiger partial charge on any atom is 0.297 e. The SMILES string of the molecule is CC=C(CC)Oc1c(OC(C)C)c(=O)n(C)c2cc(NCCCC)ccc12. The van der Waals surface area contributed by atoms with Gasteiger partial charge in [0, 0.05) is 31.1 Å². The van der Waals surface area contributed by atoms with E-state index in [0.29, 0.717) is 5.75 Å². The smallest absolute Gasteiger partial charge is 0.297 e. The second kappa shape index (κ2) is 9.49. The predicted molar refractivity (Wildman–Crippen MR) is 113 cm³/mol. The number of fused-ring (bicyclic) bond motifs is 1. The number of unbranched alkanes of at least 4 members (excludes halogenated alkanes) is 1. The van der Waals surface area contributed by atoms with Crippen molar-refractivity contribution in [1.82, 2.24) is 4.57 Å². The molecule has 2 rings (SSSR count). The molecule has 1 heterocycles. The Labute approximate surface area is 162 Å². The van der Waals surface area contributed by atoms with Gasteiger partial charge in [-0.05, 0) is 51.5 Å². The molecule has 1 N–H and O–H groups in total. The van der Waals surface area contributed by atoms with E-state index in [1.807, 2.05) is 52.0 Å². The number of nitrogens with zero attached hydrogens (tertiary/aromatic N) is 1. The van der Waals surface area contributed by atoms with Gasteiger partial charge in [-0.25, -0.2) is 0 Å². The summed E-state index contributed by atoms with van der Waals surface area (Å²) in [6.07, 6.45) is 4.78. The topological polar surface area (TPSA) is 52.5 Å². The van der Waals surface area contributed by atoms with Gasteiger partial charge in [-0.15, -0.1) is 0 Å². The summed E-state index contributed by atoms with van der Waals surface area (Å²) in [6.45, 7) is 10.8. The summed E-state index contributed by atoms with van der Waals surface area (Å²) in [4.78, 5) is 13.0. The normalized spacial score (nSPS) is 11.9. The van der Waals surface area contributed by atoms with Crippen molar-refractivity contribution < 1.29 is 9.47 Å². The first kappa shape index (κ1) is 20.9. The van der Waals surface area contributed by atoms with Gasteiger partial charge in [0.25, 0.3) is 5.56 Å². The highest BCUT2D eigenvalue weighted by atomic mass is 16.5. The van der Waals surface area contributed by atoms with Crippen molar-refractivity contribution >= 4 is 16.6 Å². The molecule has 5 nitrogen and oxygen atoms in total. The van der Waals surface area contributed by atoms with Crippen molar-refractivity contribution in [3.8, 4) is 11.5 Å². The van der Waals surface area contributed by atoms with Crippen LogP contribution in [0.15, 0.2) is 34.8 Å². The lowest BCUT2D eigenvalue weighted by Gasteiger charge is -2.19. The van der Waals surface area contributed by atoms with Crippen LogP contribution in [0.4, 0.5) is 5.69 Å². The molecule has 0 radical (unpaired) electrons. The Morgan fingerprint density at radius 2 is 2.00 bits per heavy atom. The highest BCUT2D eigenvalue weighted by Gasteiger charge is 2.20. The zero-order chi connectivity index (χ0) is 20.0. The van der Waals surface area contributed by atoms with Crippen molar-refractivity contribution in [2.75, 3.05) is 11.9 Å². The number of nitrogens with one attached hydrogen (secondary N) is 1. The van der Waals surface area contributed by atoms with Gasteiger partial charge in [-0.3, -0.25) is 4.79 Å². The first-order valence-electron chi connectivity index (χ1n) is 9.83. The first-order chi connectivity index (χ1) is 12.9. The maximum absolute atomic E-state index is 13.0. The monoisotopic (exact) mass is 372 g/mol. The van der Waals surface area contributed by atoms with Crippen LogP contribution in [0.1, 0.15) is 53.9 Å². The fourth-order valence-corrected chi connectivity index (χ4v) is 2.91. The number of benzene rings is 1. The molecule has 0 aliphatic carbocycles. The Balaban J connectivity index is 2.65. The number of hydrogen-bond donors (Lipinski definition) is 1. The number of aromatic nitrogens is 1. The molecule has 0 fully saturated rings. The van der Waals surface area contributed by atoms with Gasteiger partial charge in [0.15, 0.2) is 5.75 Å². The van der Waals surface area contributed by atoms with Crippen molar-refractivity contribution in [2.45, 2.75) is 60.0 Å². The molecule has 0 saturated carbocycles. The highest BCUT2D eigenvalue weighted by Crippen LogP contribution is 2.36. The summed E-state index contributed by atoms with van der Waals surface area (Å²) >= 11 is 0. The number of hydrogen-bond acceptors (Lipinski definition) is 4. The van der Waals surface area contributed by atoms with Gasteiger partial charge in [0.05, 0.1) is 17.4 Å². The largest absolute Gasteiger partial charge is 0.482 e. The summed E-state index contributed by atoms with van der Waals surface area (Å²) in [5.74, 6) is 1.57. The summed E-state index contributed by atoms with van der Waals surface area (Å²) in [5.41, 5.74) is 1.62. The molecule has 0 spiro atoms. The zero-order valence-corrected chi connectivity index (χ0v) is 17.4. The molecule has 5 heteroatoms. The summed E-state index contributed by atoms with van der Waals surface area (Å²) in [7, 11) is 1.77. The van der Waals surface area contributed by atoms with Gasteiger partial charge in [0.2, 0.25) is 5.75 Å². The second-order valence-corrected chi connectivity index (χ2v) is 6.91. The molecule has 148 valence electrons. The van der Waals surface area contributed by atoms with E-state index >= 15 is 0 Å². The molecule has 0 aliphatic rings. The number of pyridine rings is 1. The number of aryl methyl sites for hydroxylation is 1. The maximum atomic E-state index is 13.0. The first-order valence-corrected chi connectivity index (χ1v) is 9.83. The Kier molecular flexibility index (Phi) is 7.34. The predicted octanol–water partition coefficient (Wildman–Crippen LogP) is 5.23. The quantitative estimate of drug-likeness (QED) is 0.484. The van der Waals surface area contributed by atoms with Crippen LogP contribution in [0.3, 0.4) is 0 Å². The molecule has 27 heavy (non-hydrogen) atoms. The fourth-order valence-electron chi connectivity index (χ4n) is 2.91. The Morgan fingerprint density at radius 1 is 1.26 bits per heavy atom. The summed E-state index contributed by atoms with van der Waals surface area (Å²) in [6, 6.07) is 6.02. The molecule has 1 aromatic carbocycles. The van der Waals surface area contributed by atoms with Crippen molar-refractivity contribution in [3.05, 3.63) is 40.4 Å². The van der Waals surface area contributed by atoms with Crippen molar-refractivity contribution in [2.24, 2.45) is 7.05 Å². The van der Waals surface area contributed by atoms with Crippen LogP contribution in [0, 0.1) is 0 Å². The Bertz CT molecular complexity index is 866. The van der Waals surface area contributed by atoms with Gasteiger partial charge in [-0.2, -0.15) is 0 Å². The Hall–Kier alpha value is -2.43. The molecular weight excluding hydrogens is 340 g/mol. The number of allylic oxidation sites excluding steroid dienone is 2. The van der Waals surface area contributed by atoms with Crippen LogP contribution in [0.5, 0.6) is 11.5 Å².